The lowest BCUT2D eigenvalue weighted by atomic mass is 10.1. The van der Waals surface area contributed by atoms with E-state index < -0.39 is 5.97 Å². The highest BCUT2D eigenvalue weighted by Crippen LogP contribution is 2.30. The highest BCUT2D eigenvalue weighted by Gasteiger charge is 2.27. The Hall–Kier alpha value is -2.15. The molecule has 2 aromatic heterocycles. The minimum Gasteiger partial charge on any atom is -0.477 e. The first kappa shape index (κ1) is 13.5. The number of hydrogen-bond donors (Lipinski definition) is 1. The van der Waals surface area contributed by atoms with E-state index >= 15 is 0 Å². The molecule has 116 valence electrons. The molecule has 22 heavy (non-hydrogen) atoms. The predicted molar refractivity (Wildman–Crippen MR) is 77.2 cm³/mol. The van der Waals surface area contributed by atoms with Crippen LogP contribution in [0, 0.1) is 0 Å². The molecule has 1 aliphatic heterocycles. The number of hydrogen-bond acceptors (Lipinski definition) is 5. The van der Waals surface area contributed by atoms with Crippen molar-refractivity contribution in [2.75, 3.05) is 13.2 Å². The number of carbonyl (C=O) groups is 1. The third-order valence-corrected chi connectivity index (χ3v) is 4.02. The van der Waals surface area contributed by atoms with Gasteiger partial charge in [0.2, 0.25) is 5.88 Å². The van der Waals surface area contributed by atoms with Crippen molar-refractivity contribution in [3.05, 3.63) is 17.8 Å². The molecule has 2 aromatic rings. The van der Waals surface area contributed by atoms with Gasteiger partial charge in [0.25, 0.3) is 0 Å². The van der Waals surface area contributed by atoms with Crippen LogP contribution in [0.4, 0.5) is 0 Å². The van der Waals surface area contributed by atoms with Gasteiger partial charge in [-0.15, -0.1) is 0 Å². The summed E-state index contributed by atoms with van der Waals surface area (Å²) < 4.78 is 12.9. The summed E-state index contributed by atoms with van der Waals surface area (Å²) in [6.45, 7) is 1.42. The summed E-state index contributed by atoms with van der Waals surface area (Å²) in [5, 5.41) is 14.5. The Morgan fingerprint density at radius 1 is 1.41 bits per heavy atom. The van der Waals surface area contributed by atoms with Crippen LogP contribution in [0.3, 0.4) is 0 Å². The van der Waals surface area contributed by atoms with Gasteiger partial charge < -0.3 is 14.6 Å². The van der Waals surface area contributed by atoms with Crippen molar-refractivity contribution >= 4 is 17.0 Å². The summed E-state index contributed by atoms with van der Waals surface area (Å²) in [7, 11) is 0. The first-order valence-electron chi connectivity index (χ1n) is 7.58. The number of nitrogens with zero attached hydrogens (tertiary/aromatic N) is 3. The number of fused-ring (bicyclic) bond motifs is 1. The second kappa shape index (κ2) is 5.24. The molecule has 2 fully saturated rings. The standard InChI is InChI=1S/C15H17N3O4/c19-15(20)12-6-9-7-18(10-2-1-5-21-8-10)17-13(9)16-14(12)22-11-3-4-11/h6-7,10-11H,1-5,8H2,(H,19,20). The summed E-state index contributed by atoms with van der Waals surface area (Å²) in [5.74, 6) is -0.855. The van der Waals surface area contributed by atoms with Gasteiger partial charge >= 0.3 is 5.97 Å². The Kier molecular flexibility index (Phi) is 3.22. The second-order valence-corrected chi connectivity index (χ2v) is 5.86. The minimum atomic E-state index is -1.03. The molecule has 1 unspecified atom stereocenters. The summed E-state index contributed by atoms with van der Waals surface area (Å²) in [5.41, 5.74) is 0.616. The average molecular weight is 303 g/mol. The molecule has 1 atom stereocenters. The molecule has 1 aliphatic carbocycles. The molecule has 2 aliphatic rings. The smallest absolute Gasteiger partial charge is 0.341 e. The Morgan fingerprint density at radius 2 is 2.27 bits per heavy atom. The molecule has 1 N–H and O–H groups in total. The summed E-state index contributed by atoms with van der Waals surface area (Å²) in [6, 6.07) is 1.78. The van der Waals surface area contributed by atoms with Crippen LogP contribution in [0.2, 0.25) is 0 Å². The van der Waals surface area contributed by atoms with Gasteiger partial charge in [0.05, 0.1) is 12.6 Å². The fraction of sp³-hybridized carbons (Fsp3) is 0.533. The normalized spacial score (nSPS) is 21.9. The average Bonchev–Trinajstić information content (AvgIpc) is 3.23. The van der Waals surface area contributed by atoms with Crippen LogP contribution in [-0.2, 0) is 4.74 Å². The predicted octanol–water partition coefficient (Wildman–Crippen LogP) is 2.02. The van der Waals surface area contributed by atoms with Gasteiger partial charge in [-0.05, 0) is 31.7 Å². The zero-order valence-corrected chi connectivity index (χ0v) is 12.1. The minimum absolute atomic E-state index is 0.0943. The maximum atomic E-state index is 11.4. The number of aromatic carboxylic acids is 1. The Balaban J connectivity index is 1.72. The monoisotopic (exact) mass is 303 g/mol. The summed E-state index contributed by atoms with van der Waals surface area (Å²) in [6.07, 6.45) is 5.85. The van der Waals surface area contributed by atoms with Crippen LogP contribution in [0.15, 0.2) is 12.3 Å². The third kappa shape index (κ3) is 2.52. The maximum absolute atomic E-state index is 11.4. The molecule has 7 nitrogen and oxygen atoms in total. The molecule has 4 rings (SSSR count). The van der Waals surface area contributed by atoms with E-state index in [0.717, 1.165) is 32.3 Å². The highest BCUT2D eigenvalue weighted by molar-refractivity contribution is 5.94. The van der Waals surface area contributed by atoms with Gasteiger partial charge in [-0.3, -0.25) is 4.68 Å². The first-order valence-corrected chi connectivity index (χ1v) is 7.58. The molecule has 3 heterocycles. The van der Waals surface area contributed by atoms with Crippen LogP contribution in [0.25, 0.3) is 11.0 Å². The Morgan fingerprint density at radius 3 is 2.95 bits per heavy atom. The van der Waals surface area contributed by atoms with Crippen molar-refractivity contribution in [1.82, 2.24) is 14.8 Å². The fourth-order valence-electron chi connectivity index (χ4n) is 2.66. The first-order chi connectivity index (χ1) is 10.7. The highest BCUT2D eigenvalue weighted by atomic mass is 16.5. The summed E-state index contributed by atoms with van der Waals surface area (Å²) >= 11 is 0. The van der Waals surface area contributed by atoms with E-state index in [0.29, 0.717) is 17.6 Å². The van der Waals surface area contributed by atoms with Crippen molar-refractivity contribution < 1.29 is 19.4 Å². The molecule has 0 aromatic carbocycles. The van der Waals surface area contributed by atoms with Gasteiger partial charge in [0, 0.05) is 18.2 Å². The van der Waals surface area contributed by atoms with Gasteiger partial charge in [0.1, 0.15) is 11.7 Å². The largest absolute Gasteiger partial charge is 0.477 e. The number of carboxylic acid groups (broad SMARTS) is 1. The maximum Gasteiger partial charge on any atom is 0.341 e. The van der Waals surface area contributed by atoms with Crippen LogP contribution in [0.5, 0.6) is 5.88 Å². The van der Waals surface area contributed by atoms with Crippen molar-refractivity contribution in [3.63, 3.8) is 0 Å². The van der Waals surface area contributed by atoms with E-state index in [2.05, 4.69) is 10.1 Å². The van der Waals surface area contributed by atoms with Crippen molar-refractivity contribution in [2.24, 2.45) is 0 Å². The molecule has 0 amide bonds. The fourth-order valence-corrected chi connectivity index (χ4v) is 2.66. The molecule has 7 heteroatoms. The van der Waals surface area contributed by atoms with E-state index in [1.807, 2.05) is 10.9 Å². The van der Waals surface area contributed by atoms with E-state index in [9.17, 15) is 9.90 Å². The molecule has 0 spiro atoms. The van der Waals surface area contributed by atoms with Gasteiger partial charge in [0.15, 0.2) is 5.65 Å². The van der Waals surface area contributed by atoms with Crippen LogP contribution >= 0.6 is 0 Å². The second-order valence-electron chi connectivity index (χ2n) is 5.86. The Bertz CT molecular complexity index is 717. The number of pyridine rings is 1. The third-order valence-electron chi connectivity index (χ3n) is 4.02. The lowest BCUT2D eigenvalue weighted by Gasteiger charge is -2.21. The van der Waals surface area contributed by atoms with Crippen molar-refractivity contribution in [1.29, 1.82) is 0 Å². The zero-order valence-electron chi connectivity index (χ0n) is 12.1. The van der Waals surface area contributed by atoms with E-state index in [1.54, 1.807) is 6.07 Å². The van der Waals surface area contributed by atoms with Gasteiger partial charge in [-0.2, -0.15) is 10.1 Å². The van der Waals surface area contributed by atoms with Crippen molar-refractivity contribution in [3.8, 4) is 5.88 Å². The topological polar surface area (TPSA) is 86.5 Å². The van der Waals surface area contributed by atoms with E-state index in [1.165, 1.54) is 0 Å². The number of rotatable bonds is 4. The number of ether oxygens (including phenoxy) is 2. The zero-order chi connectivity index (χ0) is 15.1. The lowest BCUT2D eigenvalue weighted by molar-refractivity contribution is 0.0551. The van der Waals surface area contributed by atoms with E-state index in [-0.39, 0.29) is 23.6 Å². The van der Waals surface area contributed by atoms with E-state index in [4.69, 9.17) is 9.47 Å². The molecule has 0 bridgehead atoms. The summed E-state index contributed by atoms with van der Waals surface area (Å²) in [4.78, 5) is 15.7. The molecule has 1 saturated carbocycles. The lowest BCUT2D eigenvalue weighted by Crippen LogP contribution is -2.21. The van der Waals surface area contributed by atoms with Crippen LogP contribution in [-0.4, -0.2) is 45.2 Å². The molecular formula is C15H17N3O4. The van der Waals surface area contributed by atoms with Crippen molar-refractivity contribution in [2.45, 2.75) is 37.8 Å². The molecule has 1 saturated heterocycles. The molecular weight excluding hydrogens is 286 g/mol. The van der Waals surface area contributed by atoms with Crippen LogP contribution in [0.1, 0.15) is 42.1 Å². The molecule has 0 radical (unpaired) electrons. The number of carboxylic acids is 1. The van der Waals surface area contributed by atoms with Gasteiger partial charge in [-0.25, -0.2) is 4.79 Å². The quantitative estimate of drug-likeness (QED) is 0.930. The van der Waals surface area contributed by atoms with Gasteiger partial charge in [-0.1, -0.05) is 0 Å². The van der Waals surface area contributed by atoms with Crippen LogP contribution < -0.4 is 4.74 Å². The SMILES string of the molecule is O=C(O)c1cc2cn(C3CCCOC3)nc2nc1OC1CC1. The number of aromatic nitrogens is 3. The Labute approximate surface area is 126 Å².